The second-order valence-electron chi connectivity index (χ2n) is 5.18. The molecule has 2 fully saturated rings. The molecule has 0 aromatic heterocycles. The van der Waals surface area contributed by atoms with E-state index < -0.39 is 0 Å². The van der Waals surface area contributed by atoms with Crippen molar-refractivity contribution in [2.45, 2.75) is 0 Å². The van der Waals surface area contributed by atoms with Crippen LogP contribution in [-0.4, -0.2) is 49.0 Å². The van der Waals surface area contributed by atoms with Crippen LogP contribution in [0.2, 0.25) is 0 Å². The summed E-state index contributed by atoms with van der Waals surface area (Å²) in [5, 5.41) is -0.252. The molecule has 1 aromatic rings. The molecule has 2 aliphatic heterocycles. The van der Waals surface area contributed by atoms with Crippen LogP contribution in [0.3, 0.4) is 0 Å². The topological polar surface area (TPSA) is 51.0 Å². The minimum atomic E-state index is -0.332. The lowest BCUT2D eigenvalue weighted by Gasteiger charge is -2.26. The summed E-state index contributed by atoms with van der Waals surface area (Å²) in [5.41, 5.74) is 0.700. The highest BCUT2D eigenvalue weighted by molar-refractivity contribution is 8.18. The maximum Gasteiger partial charge on any atom is 0.298 e. The number of benzene rings is 1. The Labute approximate surface area is 131 Å². The standard InChI is InChI=1S/C15H15FN2O3S/c16-12-3-1-11(2-4-12)9-13-14(19)18(15(20)22-13)10-17-5-7-21-8-6-17/h1-4,9H,5-8,10H2/p+1/b13-9+. The molecular weight excluding hydrogens is 307 g/mol. The molecule has 0 atom stereocenters. The summed E-state index contributed by atoms with van der Waals surface area (Å²) < 4.78 is 18.2. The van der Waals surface area contributed by atoms with E-state index in [0.717, 1.165) is 29.8 Å². The largest absolute Gasteiger partial charge is 0.370 e. The summed E-state index contributed by atoms with van der Waals surface area (Å²) in [5.74, 6) is -0.612. The fourth-order valence-electron chi connectivity index (χ4n) is 2.39. The SMILES string of the molecule is O=C1S/C(=C/c2ccc(F)cc2)C(=O)N1C[NH+]1CCOCC1. The highest BCUT2D eigenvalue weighted by Gasteiger charge is 2.37. The van der Waals surface area contributed by atoms with Gasteiger partial charge in [0.25, 0.3) is 11.1 Å². The fourth-order valence-corrected chi connectivity index (χ4v) is 3.23. The number of nitrogens with zero attached hydrogens (tertiary/aromatic N) is 1. The molecule has 0 unspecified atom stereocenters. The van der Waals surface area contributed by atoms with E-state index in [1.807, 2.05) is 0 Å². The smallest absolute Gasteiger partial charge is 0.298 e. The number of ether oxygens (including phenoxy) is 1. The van der Waals surface area contributed by atoms with Crippen LogP contribution < -0.4 is 4.90 Å². The van der Waals surface area contributed by atoms with Gasteiger partial charge in [0, 0.05) is 0 Å². The lowest BCUT2D eigenvalue weighted by molar-refractivity contribution is -0.915. The number of imide groups is 1. The van der Waals surface area contributed by atoms with Gasteiger partial charge in [0.2, 0.25) is 0 Å². The monoisotopic (exact) mass is 323 g/mol. The summed E-state index contributed by atoms with van der Waals surface area (Å²) in [7, 11) is 0. The van der Waals surface area contributed by atoms with Gasteiger partial charge in [-0.05, 0) is 35.5 Å². The molecule has 116 valence electrons. The van der Waals surface area contributed by atoms with E-state index in [2.05, 4.69) is 0 Å². The van der Waals surface area contributed by atoms with E-state index in [4.69, 9.17) is 4.74 Å². The summed E-state index contributed by atoms with van der Waals surface area (Å²) in [6.45, 7) is 3.25. The Kier molecular flexibility index (Phi) is 4.56. The first-order valence-corrected chi connectivity index (χ1v) is 7.87. The van der Waals surface area contributed by atoms with Crippen LogP contribution in [0, 0.1) is 5.82 Å². The Balaban J connectivity index is 1.71. The highest BCUT2D eigenvalue weighted by atomic mass is 32.2. The van der Waals surface area contributed by atoms with Gasteiger partial charge < -0.3 is 9.64 Å². The minimum Gasteiger partial charge on any atom is -0.370 e. The molecule has 5 nitrogen and oxygen atoms in total. The Bertz CT molecular complexity index is 612. The number of carbonyl (C=O) groups is 2. The lowest BCUT2D eigenvalue weighted by Crippen LogP contribution is -3.15. The summed E-state index contributed by atoms with van der Waals surface area (Å²) in [6.07, 6.45) is 1.62. The quantitative estimate of drug-likeness (QED) is 0.834. The Morgan fingerprint density at radius 3 is 2.59 bits per heavy atom. The van der Waals surface area contributed by atoms with E-state index in [1.54, 1.807) is 18.2 Å². The van der Waals surface area contributed by atoms with Crippen molar-refractivity contribution in [3.63, 3.8) is 0 Å². The number of rotatable bonds is 3. The van der Waals surface area contributed by atoms with Crippen LogP contribution in [0.5, 0.6) is 0 Å². The minimum absolute atomic E-state index is 0.252. The van der Waals surface area contributed by atoms with Gasteiger partial charge in [0.05, 0.1) is 18.1 Å². The first-order valence-electron chi connectivity index (χ1n) is 7.06. The van der Waals surface area contributed by atoms with E-state index in [1.165, 1.54) is 17.0 Å². The van der Waals surface area contributed by atoms with Crippen molar-refractivity contribution in [1.82, 2.24) is 4.90 Å². The third kappa shape index (κ3) is 3.37. The Hall–Kier alpha value is -1.70. The molecule has 22 heavy (non-hydrogen) atoms. The van der Waals surface area contributed by atoms with Crippen molar-refractivity contribution in [2.75, 3.05) is 33.0 Å². The number of carbonyl (C=O) groups excluding carboxylic acids is 2. The number of thioether (sulfide) groups is 1. The zero-order valence-corrected chi connectivity index (χ0v) is 12.7. The van der Waals surface area contributed by atoms with Gasteiger partial charge in [-0.1, -0.05) is 12.1 Å². The predicted octanol–water partition coefficient (Wildman–Crippen LogP) is 0.735. The summed E-state index contributed by atoms with van der Waals surface area (Å²) in [4.78, 5) is 27.2. The van der Waals surface area contributed by atoms with Crippen molar-refractivity contribution in [3.05, 3.63) is 40.6 Å². The molecule has 0 radical (unpaired) electrons. The lowest BCUT2D eigenvalue weighted by atomic mass is 10.2. The molecule has 2 aliphatic rings. The zero-order valence-electron chi connectivity index (χ0n) is 11.9. The maximum absolute atomic E-state index is 12.9. The highest BCUT2D eigenvalue weighted by Crippen LogP contribution is 2.31. The van der Waals surface area contributed by atoms with Gasteiger partial charge in [-0.3, -0.25) is 9.59 Å². The first-order chi connectivity index (χ1) is 10.6. The molecule has 0 spiro atoms. The summed E-state index contributed by atoms with van der Waals surface area (Å²) >= 11 is 0.930. The van der Waals surface area contributed by atoms with Gasteiger partial charge >= 0.3 is 0 Å². The van der Waals surface area contributed by atoms with Gasteiger partial charge in [-0.25, -0.2) is 9.29 Å². The van der Waals surface area contributed by atoms with Crippen molar-refractivity contribution in [2.24, 2.45) is 0 Å². The summed E-state index contributed by atoms with van der Waals surface area (Å²) in [6, 6.07) is 5.81. The number of hydrogen-bond donors (Lipinski definition) is 1. The Morgan fingerprint density at radius 1 is 1.23 bits per heavy atom. The van der Waals surface area contributed by atoms with Crippen LogP contribution in [0.25, 0.3) is 6.08 Å². The van der Waals surface area contributed by atoms with E-state index >= 15 is 0 Å². The number of morpholine rings is 1. The molecule has 3 rings (SSSR count). The van der Waals surface area contributed by atoms with E-state index in [9.17, 15) is 14.0 Å². The molecule has 0 saturated carbocycles. The molecule has 1 aromatic carbocycles. The number of amides is 2. The molecular formula is C15H16FN2O3S+. The van der Waals surface area contributed by atoms with Crippen molar-refractivity contribution >= 4 is 29.0 Å². The number of nitrogens with one attached hydrogen (secondary N) is 1. The van der Waals surface area contributed by atoms with Crippen molar-refractivity contribution < 1.29 is 23.6 Å². The van der Waals surface area contributed by atoms with Crippen LogP contribution in [0.1, 0.15) is 5.56 Å². The van der Waals surface area contributed by atoms with Crippen LogP contribution in [-0.2, 0) is 9.53 Å². The third-order valence-corrected chi connectivity index (χ3v) is 4.53. The van der Waals surface area contributed by atoms with Gasteiger partial charge in [0.1, 0.15) is 18.9 Å². The third-order valence-electron chi connectivity index (χ3n) is 3.62. The van der Waals surface area contributed by atoms with E-state index in [0.29, 0.717) is 30.4 Å². The average molecular weight is 323 g/mol. The molecule has 1 N–H and O–H groups in total. The normalized spacial score (nSPS) is 21.9. The van der Waals surface area contributed by atoms with Crippen molar-refractivity contribution in [3.8, 4) is 0 Å². The number of quaternary nitrogens is 1. The van der Waals surface area contributed by atoms with Crippen molar-refractivity contribution in [1.29, 1.82) is 0 Å². The average Bonchev–Trinajstić information content (AvgIpc) is 2.78. The van der Waals surface area contributed by atoms with E-state index in [-0.39, 0.29) is 17.0 Å². The Morgan fingerprint density at radius 2 is 1.91 bits per heavy atom. The first kappa shape index (κ1) is 15.2. The predicted molar refractivity (Wildman–Crippen MR) is 80.6 cm³/mol. The second kappa shape index (κ2) is 6.60. The number of halogens is 1. The van der Waals surface area contributed by atoms with Gasteiger partial charge in [-0.2, -0.15) is 0 Å². The van der Waals surface area contributed by atoms with Gasteiger partial charge in [-0.15, -0.1) is 0 Å². The van der Waals surface area contributed by atoms with Gasteiger partial charge in [0.15, 0.2) is 6.67 Å². The molecule has 0 bridgehead atoms. The zero-order chi connectivity index (χ0) is 15.5. The van der Waals surface area contributed by atoms with Crippen LogP contribution in [0.4, 0.5) is 9.18 Å². The maximum atomic E-state index is 12.9. The molecule has 2 amide bonds. The van der Waals surface area contributed by atoms with Crippen LogP contribution >= 0.6 is 11.8 Å². The van der Waals surface area contributed by atoms with Crippen LogP contribution in [0.15, 0.2) is 29.2 Å². The molecule has 0 aliphatic carbocycles. The molecule has 7 heteroatoms. The number of hydrogen-bond acceptors (Lipinski definition) is 4. The second-order valence-corrected chi connectivity index (χ2v) is 6.17. The molecule has 2 heterocycles. The fraction of sp³-hybridized carbons (Fsp3) is 0.333. The molecule has 2 saturated heterocycles.